The molecule has 0 saturated heterocycles. The fourth-order valence-corrected chi connectivity index (χ4v) is 1.45. The van der Waals surface area contributed by atoms with Gasteiger partial charge >= 0.3 is 0 Å². The highest BCUT2D eigenvalue weighted by Crippen LogP contribution is 2.25. The maximum atomic E-state index is 11.2. The molecule has 5 heteroatoms. The molecule has 4 N–H and O–H groups in total. The van der Waals surface area contributed by atoms with Crippen LogP contribution in [-0.4, -0.2) is 11.6 Å². The molecular weight excluding hydrogens is 228 g/mol. The van der Waals surface area contributed by atoms with Gasteiger partial charge < -0.3 is 10.5 Å². The van der Waals surface area contributed by atoms with Crippen molar-refractivity contribution in [3.8, 4) is 5.75 Å². The molecule has 0 aliphatic rings. The molecule has 0 radical (unpaired) electrons. The van der Waals surface area contributed by atoms with E-state index >= 15 is 0 Å². The van der Waals surface area contributed by atoms with Gasteiger partial charge in [-0.1, -0.05) is 18.5 Å². The van der Waals surface area contributed by atoms with Gasteiger partial charge in [-0.25, -0.2) is 0 Å². The topological polar surface area (TPSA) is 78.3 Å². The molecule has 0 aliphatic carbocycles. The van der Waals surface area contributed by atoms with E-state index in [-0.39, 0.29) is 0 Å². The van der Waals surface area contributed by atoms with Crippen LogP contribution >= 0.6 is 11.6 Å². The Bertz CT molecular complexity index is 409. The van der Waals surface area contributed by atoms with Crippen molar-refractivity contribution < 1.29 is 9.53 Å². The summed E-state index contributed by atoms with van der Waals surface area (Å²) in [6.45, 7) is 3.55. The van der Waals surface area contributed by atoms with Gasteiger partial charge in [0.05, 0.1) is 0 Å². The maximum Gasteiger partial charge on any atom is 0.277 e. The number of benzene rings is 1. The number of hydrogen-bond acceptors (Lipinski definition) is 3. The second-order valence-corrected chi connectivity index (χ2v) is 4.06. The largest absolute Gasteiger partial charge is 0.463 e. The van der Waals surface area contributed by atoms with Crippen LogP contribution in [0.25, 0.3) is 0 Å². The summed E-state index contributed by atoms with van der Waals surface area (Å²) < 4.78 is 5.44. The Balaban J connectivity index is 2.99. The summed E-state index contributed by atoms with van der Waals surface area (Å²) in [6, 6.07) is 5.06. The van der Waals surface area contributed by atoms with Crippen molar-refractivity contribution in [1.29, 1.82) is 0 Å². The summed E-state index contributed by atoms with van der Waals surface area (Å²) in [5.41, 5.74) is 10.3. The maximum absolute atomic E-state index is 11.2. The van der Waals surface area contributed by atoms with Gasteiger partial charge in [0.1, 0.15) is 5.75 Å². The number of primary amides is 1. The van der Waals surface area contributed by atoms with Crippen LogP contribution in [0.1, 0.15) is 18.9 Å². The average molecular weight is 243 g/mol. The normalized spacial score (nSPS) is 14.2. The van der Waals surface area contributed by atoms with Crippen LogP contribution in [-0.2, 0) is 4.79 Å². The number of carbonyl (C=O) groups excluding carboxylic acids is 1. The molecule has 0 heterocycles. The van der Waals surface area contributed by atoms with Crippen LogP contribution in [0.15, 0.2) is 18.2 Å². The minimum Gasteiger partial charge on any atom is -0.463 e. The van der Waals surface area contributed by atoms with Crippen molar-refractivity contribution >= 4 is 17.5 Å². The van der Waals surface area contributed by atoms with Crippen LogP contribution in [0.3, 0.4) is 0 Å². The predicted molar refractivity (Wildman–Crippen MR) is 63.2 cm³/mol. The minimum absolute atomic E-state index is 0.296. The molecule has 1 amide bonds. The molecule has 0 saturated carbocycles. The zero-order valence-electron chi connectivity index (χ0n) is 9.29. The molecule has 16 heavy (non-hydrogen) atoms. The molecule has 0 bridgehead atoms. The zero-order chi connectivity index (χ0) is 12.3. The van der Waals surface area contributed by atoms with Gasteiger partial charge in [0.2, 0.25) is 5.72 Å². The third-order valence-electron chi connectivity index (χ3n) is 2.37. The van der Waals surface area contributed by atoms with Crippen molar-refractivity contribution in [2.75, 3.05) is 0 Å². The summed E-state index contributed by atoms with van der Waals surface area (Å²) in [5.74, 6) is -0.183. The minimum atomic E-state index is -1.47. The van der Waals surface area contributed by atoms with E-state index in [1.54, 1.807) is 25.1 Å². The van der Waals surface area contributed by atoms with Gasteiger partial charge in [-0.2, -0.15) is 0 Å². The number of halogens is 1. The van der Waals surface area contributed by atoms with Gasteiger partial charge in [0.25, 0.3) is 5.91 Å². The van der Waals surface area contributed by atoms with E-state index in [0.29, 0.717) is 17.2 Å². The Morgan fingerprint density at radius 2 is 2.19 bits per heavy atom. The van der Waals surface area contributed by atoms with Crippen LogP contribution in [0.5, 0.6) is 5.75 Å². The van der Waals surface area contributed by atoms with E-state index < -0.39 is 11.6 Å². The summed E-state index contributed by atoms with van der Waals surface area (Å²) >= 11 is 5.81. The average Bonchev–Trinajstić information content (AvgIpc) is 2.22. The van der Waals surface area contributed by atoms with E-state index in [9.17, 15) is 4.79 Å². The highest BCUT2D eigenvalue weighted by molar-refractivity contribution is 6.30. The smallest absolute Gasteiger partial charge is 0.277 e. The molecule has 0 aliphatic heterocycles. The van der Waals surface area contributed by atoms with Gasteiger partial charge in [-0.05, 0) is 30.7 Å². The van der Waals surface area contributed by atoms with Crippen molar-refractivity contribution in [3.63, 3.8) is 0 Å². The van der Waals surface area contributed by atoms with Gasteiger partial charge in [-0.15, -0.1) is 0 Å². The Kier molecular flexibility index (Phi) is 3.78. The molecular formula is C11H15ClN2O2. The highest BCUT2D eigenvalue weighted by Gasteiger charge is 2.32. The van der Waals surface area contributed by atoms with Crippen LogP contribution in [0.2, 0.25) is 5.02 Å². The first-order valence-corrected chi connectivity index (χ1v) is 5.31. The molecule has 1 atom stereocenters. The zero-order valence-corrected chi connectivity index (χ0v) is 10.0. The fourth-order valence-electron chi connectivity index (χ4n) is 1.22. The number of nitrogens with two attached hydrogens (primary N) is 2. The third-order valence-corrected chi connectivity index (χ3v) is 2.61. The summed E-state index contributed by atoms with van der Waals surface area (Å²) in [5, 5.41) is 0.600. The Labute approximate surface area is 99.5 Å². The number of ether oxygens (including phenoxy) is 1. The quantitative estimate of drug-likeness (QED) is 0.787. The number of carbonyl (C=O) groups is 1. The van der Waals surface area contributed by atoms with E-state index in [1.165, 1.54) is 0 Å². The van der Waals surface area contributed by atoms with E-state index in [0.717, 1.165) is 5.56 Å². The van der Waals surface area contributed by atoms with E-state index in [1.807, 2.05) is 6.92 Å². The van der Waals surface area contributed by atoms with E-state index in [4.69, 9.17) is 27.8 Å². The Hall–Kier alpha value is -1.26. The summed E-state index contributed by atoms with van der Waals surface area (Å²) in [7, 11) is 0. The molecule has 1 aromatic rings. The van der Waals surface area contributed by atoms with E-state index in [2.05, 4.69) is 0 Å². The summed E-state index contributed by atoms with van der Waals surface area (Å²) in [6.07, 6.45) is 0.296. The fraction of sp³-hybridized carbons (Fsp3) is 0.364. The van der Waals surface area contributed by atoms with Gasteiger partial charge in [0.15, 0.2) is 0 Å². The number of rotatable bonds is 4. The molecule has 0 spiro atoms. The van der Waals surface area contributed by atoms with Crippen molar-refractivity contribution in [3.05, 3.63) is 28.8 Å². The van der Waals surface area contributed by atoms with Crippen molar-refractivity contribution in [2.45, 2.75) is 26.0 Å². The molecule has 0 aromatic heterocycles. The lowest BCUT2D eigenvalue weighted by Gasteiger charge is -2.26. The summed E-state index contributed by atoms with van der Waals surface area (Å²) in [4.78, 5) is 11.2. The van der Waals surface area contributed by atoms with Crippen molar-refractivity contribution in [2.24, 2.45) is 11.5 Å². The number of aryl methyl sites for hydroxylation is 1. The first kappa shape index (κ1) is 12.8. The highest BCUT2D eigenvalue weighted by atomic mass is 35.5. The van der Waals surface area contributed by atoms with Crippen LogP contribution in [0, 0.1) is 6.92 Å². The van der Waals surface area contributed by atoms with Crippen LogP contribution < -0.4 is 16.2 Å². The molecule has 0 fully saturated rings. The number of amides is 1. The first-order chi connectivity index (χ1) is 7.39. The molecule has 1 aromatic carbocycles. The molecule has 4 nitrogen and oxygen atoms in total. The SMILES string of the molecule is CCC(N)(Oc1ccc(Cl)cc1C)C(N)=O. The molecule has 88 valence electrons. The molecule has 1 unspecified atom stereocenters. The lowest BCUT2D eigenvalue weighted by Crippen LogP contribution is -2.56. The van der Waals surface area contributed by atoms with Crippen LogP contribution in [0.4, 0.5) is 0 Å². The first-order valence-electron chi connectivity index (χ1n) is 4.93. The molecule has 1 rings (SSSR count). The van der Waals surface area contributed by atoms with Gasteiger partial charge in [-0.3, -0.25) is 10.5 Å². The number of hydrogen-bond donors (Lipinski definition) is 2. The standard InChI is InChI=1S/C11H15ClN2O2/c1-3-11(14,10(13)15)16-9-5-4-8(12)6-7(9)2/h4-6H,3,14H2,1-2H3,(H2,13,15). The monoisotopic (exact) mass is 242 g/mol. The van der Waals surface area contributed by atoms with Crippen molar-refractivity contribution in [1.82, 2.24) is 0 Å². The third kappa shape index (κ3) is 2.65. The lowest BCUT2D eigenvalue weighted by molar-refractivity contribution is -0.133. The lowest BCUT2D eigenvalue weighted by atomic mass is 10.1. The Morgan fingerprint density at radius 3 is 2.62 bits per heavy atom. The predicted octanol–water partition coefficient (Wildman–Crippen LogP) is 1.58. The second kappa shape index (κ2) is 4.72. The Morgan fingerprint density at radius 1 is 1.56 bits per heavy atom. The van der Waals surface area contributed by atoms with Gasteiger partial charge in [0, 0.05) is 11.4 Å². The second-order valence-electron chi connectivity index (χ2n) is 3.62.